The van der Waals surface area contributed by atoms with Crippen LogP contribution in [0.15, 0.2) is 24.3 Å². The zero-order chi connectivity index (χ0) is 12.8. The lowest BCUT2D eigenvalue weighted by atomic mass is 10.0. The molecule has 1 saturated carbocycles. The van der Waals surface area contributed by atoms with Crippen molar-refractivity contribution in [3.8, 4) is 0 Å². The summed E-state index contributed by atoms with van der Waals surface area (Å²) in [5, 5.41) is 4.41. The van der Waals surface area contributed by atoms with Crippen molar-refractivity contribution >= 4 is 11.8 Å². The van der Waals surface area contributed by atoms with Crippen LogP contribution in [0.1, 0.15) is 36.8 Å². The van der Waals surface area contributed by atoms with Gasteiger partial charge in [0.05, 0.1) is 0 Å². The summed E-state index contributed by atoms with van der Waals surface area (Å²) in [5.74, 6) is 1.25. The highest BCUT2D eigenvalue weighted by Crippen LogP contribution is 2.30. The molecule has 100 valence electrons. The van der Waals surface area contributed by atoms with Crippen LogP contribution in [0.25, 0.3) is 0 Å². The molecule has 1 atom stereocenters. The van der Waals surface area contributed by atoms with E-state index >= 15 is 0 Å². The molecule has 1 aliphatic carbocycles. The van der Waals surface area contributed by atoms with Crippen LogP contribution in [0.3, 0.4) is 0 Å². The van der Waals surface area contributed by atoms with Crippen LogP contribution in [0.5, 0.6) is 0 Å². The summed E-state index contributed by atoms with van der Waals surface area (Å²) in [7, 11) is 2.10. The molecular weight excluding hydrogens is 238 g/mol. The number of aryl methyl sites for hydroxylation is 1. The van der Waals surface area contributed by atoms with Crippen molar-refractivity contribution < 1.29 is 0 Å². The Labute approximate surface area is 116 Å². The fourth-order valence-electron chi connectivity index (χ4n) is 2.66. The van der Waals surface area contributed by atoms with E-state index in [4.69, 9.17) is 0 Å². The molecule has 1 aromatic rings. The van der Waals surface area contributed by atoms with Gasteiger partial charge in [0.15, 0.2) is 0 Å². The molecule has 1 fully saturated rings. The SMILES string of the molecule is CNC(CSC1CCCC1)Cc1ccccc1C. The third-order valence-corrected chi connectivity index (χ3v) is 5.51. The molecule has 2 rings (SSSR count). The highest BCUT2D eigenvalue weighted by atomic mass is 32.2. The first-order chi connectivity index (χ1) is 8.79. The lowest BCUT2D eigenvalue weighted by Crippen LogP contribution is -2.31. The number of nitrogens with one attached hydrogen (secondary N) is 1. The van der Waals surface area contributed by atoms with Crippen LogP contribution in [0.2, 0.25) is 0 Å². The standard InChI is InChI=1S/C16H25NS/c1-13-7-3-4-8-14(13)11-15(17-2)12-18-16-9-5-6-10-16/h3-4,7-8,15-17H,5-6,9-12H2,1-2H3. The predicted octanol–water partition coefficient (Wildman–Crippen LogP) is 3.80. The van der Waals surface area contributed by atoms with Crippen molar-refractivity contribution in [3.05, 3.63) is 35.4 Å². The largest absolute Gasteiger partial charge is 0.316 e. The molecule has 0 saturated heterocycles. The summed E-state index contributed by atoms with van der Waals surface area (Å²) in [6, 6.07) is 9.36. The minimum Gasteiger partial charge on any atom is -0.316 e. The number of thioether (sulfide) groups is 1. The van der Waals surface area contributed by atoms with Gasteiger partial charge in [-0.2, -0.15) is 11.8 Å². The van der Waals surface area contributed by atoms with Gasteiger partial charge in [-0.25, -0.2) is 0 Å². The van der Waals surface area contributed by atoms with Crippen LogP contribution < -0.4 is 5.32 Å². The summed E-state index contributed by atoms with van der Waals surface area (Å²) in [5.41, 5.74) is 2.91. The van der Waals surface area contributed by atoms with Gasteiger partial charge >= 0.3 is 0 Å². The van der Waals surface area contributed by atoms with E-state index in [0.29, 0.717) is 6.04 Å². The second-order valence-corrected chi connectivity index (χ2v) is 6.69. The van der Waals surface area contributed by atoms with Crippen molar-refractivity contribution in [1.82, 2.24) is 5.32 Å². The van der Waals surface area contributed by atoms with Gasteiger partial charge in [0.2, 0.25) is 0 Å². The molecule has 0 bridgehead atoms. The summed E-state index contributed by atoms with van der Waals surface area (Å²) in [6.07, 6.45) is 6.92. The average Bonchev–Trinajstić information content (AvgIpc) is 2.90. The first kappa shape index (κ1) is 14.0. The quantitative estimate of drug-likeness (QED) is 0.838. The summed E-state index contributed by atoms with van der Waals surface area (Å²) >= 11 is 2.18. The van der Waals surface area contributed by atoms with Crippen LogP contribution in [-0.4, -0.2) is 24.1 Å². The number of hydrogen-bond acceptors (Lipinski definition) is 2. The highest BCUT2D eigenvalue weighted by molar-refractivity contribution is 7.99. The van der Waals surface area contributed by atoms with Gasteiger partial charge in [0, 0.05) is 17.0 Å². The molecule has 0 amide bonds. The molecule has 0 radical (unpaired) electrons. The number of rotatable bonds is 6. The second-order valence-electron chi connectivity index (χ2n) is 5.36. The van der Waals surface area contributed by atoms with Crippen LogP contribution >= 0.6 is 11.8 Å². The Morgan fingerprint density at radius 2 is 2.00 bits per heavy atom. The van der Waals surface area contributed by atoms with E-state index in [1.165, 1.54) is 42.6 Å². The fraction of sp³-hybridized carbons (Fsp3) is 0.625. The third kappa shape index (κ3) is 4.03. The molecular formula is C16H25NS. The van der Waals surface area contributed by atoms with Crippen LogP contribution in [0.4, 0.5) is 0 Å². The van der Waals surface area contributed by atoms with E-state index in [2.05, 4.69) is 55.3 Å². The molecule has 0 heterocycles. The average molecular weight is 263 g/mol. The zero-order valence-corrected chi connectivity index (χ0v) is 12.4. The smallest absolute Gasteiger partial charge is 0.0195 e. The van der Waals surface area contributed by atoms with E-state index in [0.717, 1.165) is 11.7 Å². The van der Waals surface area contributed by atoms with Crippen molar-refractivity contribution in [2.24, 2.45) is 0 Å². The molecule has 1 aliphatic rings. The summed E-state index contributed by atoms with van der Waals surface area (Å²) in [6.45, 7) is 2.21. The van der Waals surface area contributed by atoms with Gasteiger partial charge < -0.3 is 5.32 Å². The van der Waals surface area contributed by atoms with Gasteiger partial charge in [-0.05, 0) is 44.4 Å². The second kappa shape index (κ2) is 7.20. The molecule has 0 aromatic heterocycles. The van der Waals surface area contributed by atoms with E-state index in [-0.39, 0.29) is 0 Å². The van der Waals surface area contributed by atoms with Crippen molar-refractivity contribution in [1.29, 1.82) is 0 Å². The summed E-state index contributed by atoms with van der Waals surface area (Å²) in [4.78, 5) is 0. The molecule has 1 nitrogen and oxygen atoms in total. The number of benzene rings is 1. The fourth-order valence-corrected chi connectivity index (χ4v) is 4.11. The number of hydrogen-bond donors (Lipinski definition) is 1. The summed E-state index contributed by atoms with van der Waals surface area (Å²) < 4.78 is 0. The van der Waals surface area contributed by atoms with Gasteiger partial charge in [-0.15, -0.1) is 0 Å². The molecule has 1 unspecified atom stereocenters. The number of likely N-dealkylation sites (N-methyl/N-ethyl adjacent to an activating group) is 1. The van der Waals surface area contributed by atoms with Gasteiger partial charge in [0.1, 0.15) is 0 Å². The maximum atomic E-state index is 3.48. The monoisotopic (exact) mass is 263 g/mol. The Morgan fingerprint density at radius 1 is 1.28 bits per heavy atom. The van der Waals surface area contributed by atoms with E-state index in [9.17, 15) is 0 Å². The van der Waals surface area contributed by atoms with E-state index in [1.54, 1.807) is 0 Å². The first-order valence-electron chi connectivity index (χ1n) is 7.13. The van der Waals surface area contributed by atoms with E-state index < -0.39 is 0 Å². The van der Waals surface area contributed by atoms with E-state index in [1.807, 2.05) is 0 Å². The Hall–Kier alpha value is -0.470. The minimum atomic E-state index is 0.608. The van der Waals surface area contributed by atoms with Crippen molar-refractivity contribution in [2.75, 3.05) is 12.8 Å². The highest BCUT2D eigenvalue weighted by Gasteiger charge is 2.17. The molecule has 18 heavy (non-hydrogen) atoms. The lowest BCUT2D eigenvalue weighted by molar-refractivity contribution is 0.614. The zero-order valence-electron chi connectivity index (χ0n) is 11.6. The third-order valence-electron chi connectivity index (χ3n) is 3.97. The normalized spacial score (nSPS) is 18.1. The Morgan fingerprint density at radius 3 is 2.67 bits per heavy atom. The molecule has 1 N–H and O–H groups in total. The topological polar surface area (TPSA) is 12.0 Å². The maximum absolute atomic E-state index is 3.48. The maximum Gasteiger partial charge on any atom is 0.0195 e. The van der Waals surface area contributed by atoms with Gasteiger partial charge in [-0.1, -0.05) is 37.1 Å². The van der Waals surface area contributed by atoms with Gasteiger partial charge in [-0.3, -0.25) is 0 Å². The van der Waals surface area contributed by atoms with Crippen molar-refractivity contribution in [3.63, 3.8) is 0 Å². The van der Waals surface area contributed by atoms with Gasteiger partial charge in [0.25, 0.3) is 0 Å². The molecule has 0 spiro atoms. The predicted molar refractivity (Wildman–Crippen MR) is 82.4 cm³/mol. The lowest BCUT2D eigenvalue weighted by Gasteiger charge is -2.19. The Bertz CT molecular complexity index is 358. The minimum absolute atomic E-state index is 0.608. The molecule has 0 aliphatic heterocycles. The Kier molecular flexibility index (Phi) is 5.58. The first-order valence-corrected chi connectivity index (χ1v) is 8.18. The molecule has 1 aromatic carbocycles. The molecule has 2 heteroatoms. The Balaban J connectivity index is 1.83. The van der Waals surface area contributed by atoms with Crippen LogP contribution in [0, 0.1) is 6.92 Å². The van der Waals surface area contributed by atoms with Crippen molar-refractivity contribution in [2.45, 2.75) is 50.3 Å². The van der Waals surface area contributed by atoms with Crippen LogP contribution in [-0.2, 0) is 6.42 Å².